The number of carbonyl (C=O) groups excluding carboxylic acids is 3. The van der Waals surface area contributed by atoms with Crippen molar-refractivity contribution in [3.8, 4) is 5.75 Å². The van der Waals surface area contributed by atoms with Gasteiger partial charge in [-0.15, -0.1) is 0 Å². The van der Waals surface area contributed by atoms with Crippen LogP contribution in [0, 0.1) is 6.92 Å². The molecular weight excluding hydrogens is 346 g/mol. The van der Waals surface area contributed by atoms with E-state index in [1.165, 1.54) is 19.1 Å². The molecule has 0 N–H and O–H groups in total. The number of hydrogen-bond acceptors (Lipinski definition) is 5. The minimum Gasteiger partial charge on any atom is -0.479 e. The summed E-state index contributed by atoms with van der Waals surface area (Å²) in [5.74, 6) is -1.76. The van der Waals surface area contributed by atoms with Gasteiger partial charge in [0, 0.05) is 5.02 Å². The molecule has 0 aromatic heterocycles. The molecule has 1 atom stereocenters. The third-order valence-corrected chi connectivity index (χ3v) is 3.95. The smallest absolute Gasteiger partial charge is 0.373 e. The fourth-order valence-electron chi connectivity index (χ4n) is 2.40. The number of aryl methyl sites for hydroxylation is 1. The Kier molecular flexibility index (Phi) is 4.46. The highest BCUT2D eigenvalue weighted by molar-refractivity contribution is 6.30. The highest BCUT2D eigenvalue weighted by atomic mass is 35.5. The van der Waals surface area contributed by atoms with Crippen molar-refractivity contribution in [2.45, 2.75) is 20.0 Å². The van der Waals surface area contributed by atoms with Gasteiger partial charge < -0.3 is 9.57 Å². The summed E-state index contributed by atoms with van der Waals surface area (Å²) >= 11 is 5.88. The lowest BCUT2D eigenvalue weighted by molar-refractivity contribution is -0.176. The second-order valence-electron chi connectivity index (χ2n) is 5.53. The van der Waals surface area contributed by atoms with E-state index in [-0.39, 0.29) is 11.1 Å². The van der Waals surface area contributed by atoms with E-state index in [2.05, 4.69) is 0 Å². The Morgan fingerprint density at radius 3 is 2.24 bits per heavy atom. The van der Waals surface area contributed by atoms with Crippen molar-refractivity contribution in [2.75, 3.05) is 0 Å². The van der Waals surface area contributed by atoms with Crippen molar-refractivity contribution in [2.24, 2.45) is 0 Å². The Labute approximate surface area is 148 Å². The number of carbonyl (C=O) groups is 3. The van der Waals surface area contributed by atoms with Crippen molar-refractivity contribution in [1.82, 2.24) is 5.06 Å². The first kappa shape index (κ1) is 17.0. The molecule has 0 radical (unpaired) electrons. The van der Waals surface area contributed by atoms with E-state index in [0.29, 0.717) is 15.8 Å². The van der Waals surface area contributed by atoms with E-state index in [0.717, 1.165) is 5.56 Å². The van der Waals surface area contributed by atoms with Crippen molar-refractivity contribution in [3.05, 3.63) is 64.2 Å². The molecule has 0 saturated carbocycles. The predicted octanol–water partition coefficient (Wildman–Crippen LogP) is 3.17. The monoisotopic (exact) mass is 359 g/mol. The summed E-state index contributed by atoms with van der Waals surface area (Å²) < 4.78 is 5.54. The van der Waals surface area contributed by atoms with E-state index in [4.69, 9.17) is 21.2 Å². The van der Waals surface area contributed by atoms with Crippen molar-refractivity contribution in [3.63, 3.8) is 0 Å². The van der Waals surface area contributed by atoms with E-state index in [1.807, 2.05) is 0 Å². The maximum absolute atomic E-state index is 12.2. The fourth-order valence-corrected chi connectivity index (χ4v) is 2.62. The number of nitrogens with zero attached hydrogens (tertiary/aromatic N) is 1. The summed E-state index contributed by atoms with van der Waals surface area (Å²) in [7, 11) is 0. The number of ether oxygens (including phenoxy) is 1. The highest BCUT2D eigenvalue weighted by Crippen LogP contribution is 2.25. The molecule has 2 amide bonds. The molecule has 2 aromatic carbocycles. The summed E-state index contributed by atoms with van der Waals surface area (Å²) in [4.78, 5) is 41.5. The van der Waals surface area contributed by atoms with Crippen LogP contribution in [0.2, 0.25) is 5.02 Å². The molecule has 0 saturated heterocycles. The average Bonchev–Trinajstić information content (AvgIpc) is 2.82. The summed E-state index contributed by atoms with van der Waals surface area (Å²) in [6.07, 6.45) is -1.02. The lowest BCUT2D eigenvalue weighted by Crippen LogP contribution is -2.37. The predicted molar refractivity (Wildman–Crippen MR) is 89.3 cm³/mol. The number of hydrogen-bond donors (Lipinski definition) is 0. The Hall–Kier alpha value is -2.86. The van der Waals surface area contributed by atoms with Gasteiger partial charge in [-0.2, -0.15) is 0 Å². The normalized spacial score (nSPS) is 14.3. The maximum atomic E-state index is 12.2. The molecule has 0 bridgehead atoms. The zero-order valence-electron chi connectivity index (χ0n) is 13.5. The van der Waals surface area contributed by atoms with Crippen molar-refractivity contribution >= 4 is 29.4 Å². The van der Waals surface area contributed by atoms with Gasteiger partial charge in [0.05, 0.1) is 11.1 Å². The number of rotatable bonds is 4. The minimum absolute atomic E-state index is 0.197. The van der Waals surface area contributed by atoms with Gasteiger partial charge in [-0.1, -0.05) is 28.8 Å². The summed E-state index contributed by atoms with van der Waals surface area (Å²) in [5, 5.41) is 1.01. The molecule has 1 aliphatic rings. The van der Waals surface area contributed by atoms with E-state index in [1.54, 1.807) is 37.3 Å². The van der Waals surface area contributed by atoms with Crippen LogP contribution in [0.4, 0.5) is 0 Å². The molecule has 0 unspecified atom stereocenters. The third kappa shape index (κ3) is 3.21. The second kappa shape index (κ2) is 6.57. The molecule has 0 spiro atoms. The van der Waals surface area contributed by atoms with Crippen LogP contribution in [-0.2, 0) is 9.63 Å². The molecular formula is C18H14ClNO5. The quantitative estimate of drug-likeness (QED) is 0.784. The zero-order valence-corrected chi connectivity index (χ0v) is 14.2. The molecule has 7 heteroatoms. The van der Waals surface area contributed by atoms with Crippen LogP contribution in [0.3, 0.4) is 0 Å². The van der Waals surface area contributed by atoms with Crippen LogP contribution >= 0.6 is 11.6 Å². The van der Waals surface area contributed by atoms with Gasteiger partial charge in [0.25, 0.3) is 11.8 Å². The number of hydroxylamine groups is 2. The first-order chi connectivity index (χ1) is 11.9. The van der Waals surface area contributed by atoms with Gasteiger partial charge in [-0.05, 0) is 49.7 Å². The Morgan fingerprint density at radius 1 is 1.08 bits per heavy atom. The van der Waals surface area contributed by atoms with Gasteiger partial charge in [-0.3, -0.25) is 9.59 Å². The number of fused-ring (bicyclic) bond motifs is 1. The molecule has 0 aliphatic carbocycles. The van der Waals surface area contributed by atoms with Crippen LogP contribution in [0.5, 0.6) is 5.75 Å². The first-order valence-electron chi connectivity index (χ1n) is 7.51. The molecule has 1 aliphatic heterocycles. The molecule has 0 fully saturated rings. The van der Waals surface area contributed by atoms with Crippen LogP contribution in [-0.4, -0.2) is 29.0 Å². The summed E-state index contributed by atoms with van der Waals surface area (Å²) in [6, 6.07) is 11.2. The zero-order chi connectivity index (χ0) is 18.1. The highest BCUT2D eigenvalue weighted by Gasteiger charge is 2.39. The van der Waals surface area contributed by atoms with E-state index >= 15 is 0 Å². The maximum Gasteiger partial charge on any atom is 0.373 e. The molecule has 6 nitrogen and oxygen atoms in total. The Balaban J connectivity index is 1.70. The topological polar surface area (TPSA) is 72.9 Å². The van der Waals surface area contributed by atoms with Gasteiger partial charge in [0.2, 0.25) is 0 Å². The van der Waals surface area contributed by atoms with Crippen molar-refractivity contribution < 1.29 is 24.0 Å². The van der Waals surface area contributed by atoms with Gasteiger partial charge >= 0.3 is 5.97 Å². The summed E-state index contributed by atoms with van der Waals surface area (Å²) in [5.41, 5.74) is 1.14. The van der Waals surface area contributed by atoms with Crippen LogP contribution in [0.1, 0.15) is 33.2 Å². The lowest BCUT2D eigenvalue weighted by atomic mass is 10.1. The molecule has 1 heterocycles. The van der Waals surface area contributed by atoms with E-state index in [9.17, 15) is 14.4 Å². The fraction of sp³-hybridized carbons (Fsp3) is 0.167. The molecule has 25 heavy (non-hydrogen) atoms. The van der Waals surface area contributed by atoms with Crippen molar-refractivity contribution in [1.29, 1.82) is 0 Å². The number of halogens is 1. The van der Waals surface area contributed by atoms with E-state index < -0.39 is 23.9 Å². The Bertz CT molecular complexity index is 845. The van der Waals surface area contributed by atoms with Crippen LogP contribution in [0.25, 0.3) is 0 Å². The van der Waals surface area contributed by atoms with Gasteiger partial charge in [0.15, 0.2) is 6.10 Å². The SMILES string of the molecule is Cc1cc(Cl)ccc1O[C@@H](C)C(=O)ON1C(=O)c2ccccc2C1=O. The standard InChI is InChI=1S/C18H14ClNO5/c1-10-9-12(19)7-8-15(10)24-11(2)18(23)25-20-16(21)13-5-3-4-6-14(13)17(20)22/h3-9,11H,1-2H3/t11-/m0/s1. The second-order valence-corrected chi connectivity index (χ2v) is 5.97. The molecule has 2 aromatic rings. The summed E-state index contributed by atoms with van der Waals surface area (Å²) in [6.45, 7) is 3.25. The first-order valence-corrected chi connectivity index (χ1v) is 7.88. The minimum atomic E-state index is -1.02. The average molecular weight is 360 g/mol. The number of benzene rings is 2. The van der Waals surface area contributed by atoms with Crippen LogP contribution < -0.4 is 4.74 Å². The number of amides is 2. The Morgan fingerprint density at radius 2 is 1.68 bits per heavy atom. The van der Waals surface area contributed by atoms with Gasteiger partial charge in [-0.25, -0.2) is 4.79 Å². The molecule has 128 valence electrons. The molecule has 3 rings (SSSR count). The lowest BCUT2D eigenvalue weighted by Gasteiger charge is -2.18. The number of imide groups is 1. The van der Waals surface area contributed by atoms with Crippen LogP contribution in [0.15, 0.2) is 42.5 Å². The largest absolute Gasteiger partial charge is 0.479 e. The van der Waals surface area contributed by atoms with Gasteiger partial charge in [0.1, 0.15) is 5.75 Å². The third-order valence-electron chi connectivity index (χ3n) is 3.71.